The molecular weight excluding hydrogens is 632 g/mol. The first-order valence-electron chi connectivity index (χ1n) is 18.6. The molecule has 3 fully saturated rings. The number of carbonyl (C=O) groups is 2. The van der Waals surface area contributed by atoms with Crippen molar-refractivity contribution < 1.29 is 34.4 Å². The number of aliphatic carboxylic acids is 2. The van der Waals surface area contributed by atoms with Crippen LogP contribution in [0.15, 0.2) is 12.1 Å². The summed E-state index contributed by atoms with van der Waals surface area (Å²) in [6.45, 7) is 30.7. The maximum absolute atomic E-state index is 13.8. The molecule has 284 valence electrons. The van der Waals surface area contributed by atoms with E-state index >= 15 is 0 Å². The van der Waals surface area contributed by atoms with E-state index in [9.17, 15) is 24.9 Å². The van der Waals surface area contributed by atoms with Gasteiger partial charge in [-0.25, -0.2) is 0 Å². The quantitative estimate of drug-likeness (QED) is 0.181. The molecule has 1 atom stereocenters. The van der Waals surface area contributed by atoms with E-state index in [-0.39, 0.29) is 10.8 Å². The second kappa shape index (κ2) is 12.4. The second-order valence-electron chi connectivity index (χ2n) is 20.9. The van der Waals surface area contributed by atoms with Gasteiger partial charge < -0.3 is 35.4 Å². The van der Waals surface area contributed by atoms with Gasteiger partial charge in [0.05, 0.1) is 6.61 Å². The SMILES string of the molecule is CC1(C)CC(C2(C3CC(C)(C)NC(C)(C)C3)OC(C)(CCc3cc(C(C)(C)C)c(O)c(C(C)(C)C)c3)OCC2(C(=O)O)C(=O)O)CC(C)(C)N1. The molecule has 0 saturated carbocycles. The largest absolute Gasteiger partial charge is 0.507 e. The number of hydrogen-bond donors (Lipinski definition) is 5. The molecule has 0 spiro atoms. The number of piperidine rings is 2. The summed E-state index contributed by atoms with van der Waals surface area (Å²) in [6.07, 6.45) is 3.07. The lowest BCUT2D eigenvalue weighted by molar-refractivity contribution is -0.389. The second-order valence-corrected chi connectivity index (χ2v) is 20.9. The first-order chi connectivity index (χ1) is 22.3. The van der Waals surface area contributed by atoms with Gasteiger partial charge in [0.25, 0.3) is 0 Å². The van der Waals surface area contributed by atoms with E-state index in [0.29, 0.717) is 44.3 Å². The zero-order valence-corrected chi connectivity index (χ0v) is 33.7. The van der Waals surface area contributed by atoms with E-state index in [1.54, 1.807) is 0 Å². The number of ether oxygens (including phenoxy) is 2. The predicted molar refractivity (Wildman–Crippen MR) is 198 cm³/mol. The Bertz CT molecular complexity index is 1360. The summed E-state index contributed by atoms with van der Waals surface area (Å²) in [4.78, 5) is 27.5. The van der Waals surface area contributed by atoms with Crippen LogP contribution in [0.5, 0.6) is 5.75 Å². The Kier molecular flexibility index (Phi) is 10.1. The number of nitrogens with one attached hydrogen (secondary N) is 2. The summed E-state index contributed by atoms with van der Waals surface area (Å²) in [7, 11) is 0. The van der Waals surface area contributed by atoms with Crippen LogP contribution < -0.4 is 10.6 Å². The fraction of sp³-hybridized carbons (Fsp3) is 0.805. The number of aryl methyl sites for hydroxylation is 1. The van der Waals surface area contributed by atoms with Gasteiger partial charge in [0, 0.05) is 28.6 Å². The summed E-state index contributed by atoms with van der Waals surface area (Å²) >= 11 is 0. The highest BCUT2D eigenvalue weighted by Crippen LogP contribution is 2.61. The Morgan fingerprint density at radius 1 is 0.720 bits per heavy atom. The maximum atomic E-state index is 13.8. The van der Waals surface area contributed by atoms with Crippen molar-refractivity contribution in [2.75, 3.05) is 6.61 Å². The number of carboxylic acid groups (broad SMARTS) is 2. The molecule has 1 aromatic rings. The van der Waals surface area contributed by atoms with Crippen LogP contribution in [0.1, 0.15) is 153 Å². The molecule has 3 aliphatic rings. The van der Waals surface area contributed by atoms with Crippen LogP contribution in [0, 0.1) is 17.3 Å². The Hall–Kier alpha value is -2.20. The zero-order chi connectivity index (χ0) is 38.3. The third-order valence-corrected chi connectivity index (χ3v) is 11.6. The van der Waals surface area contributed by atoms with E-state index < -0.39 is 69.3 Å². The van der Waals surface area contributed by atoms with Gasteiger partial charge in [0.15, 0.2) is 5.79 Å². The lowest BCUT2D eigenvalue weighted by Gasteiger charge is -2.65. The Morgan fingerprint density at radius 2 is 1.08 bits per heavy atom. The zero-order valence-electron chi connectivity index (χ0n) is 33.7. The van der Waals surface area contributed by atoms with Crippen molar-refractivity contribution in [1.29, 1.82) is 0 Å². The van der Waals surface area contributed by atoms with E-state index in [2.05, 4.69) is 120 Å². The van der Waals surface area contributed by atoms with Gasteiger partial charge in [-0.05, 0) is 134 Å². The monoisotopic (exact) mass is 701 g/mol. The topological polar surface area (TPSA) is 137 Å². The van der Waals surface area contributed by atoms with Gasteiger partial charge >= 0.3 is 11.9 Å². The van der Waals surface area contributed by atoms with Crippen molar-refractivity contribution in [3.05, 3.63) is 28.8 Å². The van der Waals surface area contributed by atoms with Crippen molar-refractivity contribution in [1.82, 2.24) is 10.6 Å². The lowest BCUT2D eigenvalue weighted by Crippen LogP contribution is -2.78. The highest BCUT2D eigenvalue weighted by molar-refractivity contribution is 6.00. The first-order valence-corrected chi connectivity index (χ1v) is 18.6. The molecule has 4 rings (SSSR count). The van der Waals surface area contributed by atoms with Crippen molar-refractivity contribution >= 4 is 11.9 Å². The molecule has 0 radical (unpaired) electrons. The normalized spacial score (nSPS) is 27.8. The van der Waals surface area contributed by atoms with E-state index in [1.807, 2.05) is 6.92 Å². The molecule has 9 heteroatoms. The van der Waals surface area contributed by atoms with Crippen molar-refractivity contribution in [3.63, 3.8) is 0 Å². The summed E-state index contributed by atoms with van der Waals surface area (Å²) in [5.74, 6) is -4.63. The van der Waals surface area contributed by atoms with E-state index in [4.69, 9.17) is 9.47 Å². The molecule has 3 saturated heterocycles. The van der Waals surface area contributed by atoms with Gasteiger partial charge in [-0.3, -0.25) is 9.59 Å². The number of phenols is 1. The third kappa shape index (κ3) is 7.62. The molecule has 1 aromatic carbocycles. The molecule has 3 aliphatic heterocycles. The average Bonchev–Trinajstić information content (AvgIpc) is 2.87. The predicted octanol–water partition coefficient (Wildman–Crippen LogP) is 7.69. The molecule has 3 heterocycles. The summed E-state index contributed by atoms with van der Waals surface area (Å²) in [5, 5.41) is 41.2. The minimum atomic E-state index is -2.34. The maximum Gasteiger partial charge on any atom is 0.326 e. The van der Waals surface area contributed by atoms with Gasteiger partial charge in [-0.1, -0.05) is 53.7 Å². The highest BCUT2D eigenvalue weighted by Gasteiger charge is 2.75. The number of carboxylic acids is 2. The van der Waals surface area contributed by atoms with Crippen LogP contribution in [0.4, 0.5) is 0 Å². The van der Waals surface area contributed by atoms with Crippen LogP contribution >= 0.6 is 0 Å². The van der Waals surface area contributed by atoms with E-state index in [0.717, 1.165) is 16.7 Å². The number of phenolic OH excluding ortho intramolecular Hbond substituents is 1. The number of hydrogen-bond acceptors (Lipinski definition) is 7. The van der Waals surface area contributed by atoms with Gasteiger partial charge in [0.1, 0.15) is 11.4 Å². The Morgan fingerprint density at radius 3 is 1.40 bits per heavy atom. The standard InChI is InChI=1S/C41H68N2O7/c1-33(2,3)28-18-25(19-29(30(28)44)34(4,5)6)16-17-39(15)49-24-40(31(45)46,32(47)48)41(50-39,26-20-35(7,8)42-36(9,10)21-26)27-22-37(11,12)43-38(13,14)23-27/h18-19,26-27,42-44H,16-17,20-24H2,1-15H3,(H,45,46)(H,47,48). The van der Waals surface area contributed by atoms with Gasteiger partial charge in [-0.15, -0.1) is 0 Å². The molecule has 5 N–H and O–H groups in total. The van der Waals surface area contributed by atoms with Crippen LogP contribution in [0.25, 0.3) is 0 Å². The highest BCUT2D eigenvalue weighted by atomic mass is 16.7. The molecule has 0 aromatic heterocycles. The van der Waals surface area contributed by atoms with Crippen molar-refractivity contribution in [3.8, 4) is 5.75 Å². The van der Waals surface area contributed by atoms with Crippen LogP contribution in [0.2, 0.25) is 0 Å². The molecule has 0 aliphatic carbocycles. The summed E-state index contributed by atoms with van der Waals surface area (Å²) < 4.78 is 13.8. The fourth-order valence-electron chi connectivity index (χ4n) is 10.3. The molecule has 0 bridgehead atoms. The minimum Gasteiger partial charge on any atom is -0.507 e. The number of rotatable bonds is 7. The van der Waals surface area contributed by atoms with Crippen LogP contribution in [-0.4, -0.2) is 67.4 Å². The fourth-order valence-corrected chi connectivity index (χ4v) is 10.3. The Balaban J connectivity index is 1.94. The molecular formula is C41H68N2O7. The summed E-state index contributed by atoms with van der Waals surface area (Å²) in [6, 6.07) is 4.11. The molecule has 9 nitrogen and oxygen atoms in total. The van der Waals surface area contributed by atoms with Gasteiger partial charge in [0.2, 0.25) is 5.41 Å². The number of benzene rings is 1. The van der Waals surface area contributed by atoms with Crippen LogP contribution in [0.3, 0.4) is 0 Å². The van der Waals surface area contributed by atoms with Crippen molar-refractivity contribution in [2.45, 2.75) is 187 Å². The first kappa shape index (κ1) is 40.6. The smallest absolute Gasteiger partial charge is 0.326 e. The molecule has 50 heavy (non-hydrogen) atoms. The third-order valence-electron chi connectivity index (χ3n) is 11.6. The van der Waals surface area contributed by atoms with Crippen molar-refractivity contribution in [2.24, 2.45) is 17.3 Å². The lowest BCUT2D eigenvalue weighted by atomic mass is 9.51. The molecule has 1 unspecified atom stereocenters. The minimum absolute atomic E-state index is 0.303. The average molecular weight is 701 g/mol. The van der Waals surface area contributed by atoms with E-state index in [1.165, 1.54) is 0 Å². The Labute approximate surface area is 301 Å². The summed E-state index contributed by atoms with van der Waals surface area (Å²) in [5.41, 5.74) is -3.44. The van der Waals surface area contributed by atoms with Gasteiger partial charge in [-0.2, -0.15) is 0 Å². The van der Waals surface area contributed by atoms with Crippen LogP contribution in [-0.2, 0) is 36.3 Å². The molecule has 0 amide bonds. The number of aromatic hydroxyl groups is 1.